The minimum Gasteiger partial charge on any atom is -0.467 e. The fraction of sp³-hybridized carbons (Fsp3) is 0.500. The van der Waals surface area contributed by atoms with E-state index in [-0.39, 0.29) is 22.3 Å². The fourth-order valence-corrected chi connectivity index (χ4v) is 7.09. The van der Waals surface area contributed by atoms with Gasteiger partial charge in [0.25, 0.3) is 5.19 Å². The van der Waals surface area contributed by atoms with Crippen molar-refractivity contribution in [2.75, 3.05) is 18.0 Å². The molecule has 1 atom stereocenters. The lowest BCUT2D eigenvalue weighted by molar-refractivity contribution is 0.131. The van der Waals surface area contributed by atoms with Crippen molar-refractivity contribution in [1.29, 1.82) is 0 Å². The Morgan fingerprint density at radius 1 is 1.03 bits per heavy atom. The molecule has 1 saturated heterocycles. The molecule has 0 amide bonds. The van der Waals surface area contributed by atoms with Crippen molar-refractivity contribution in [3.05, 3.63) is 36.3 Å². The zero-order chi connectivity index (χ0) is 26.4. The Kier molecular flexibility index (Phi) is 6.55. The predicted octanol–water partition coefficient (Wildman–Crippen LogP) is 4.88. The fourth-order valence-electron chi connectivity index (χ4n) is 4.66. The van der Waals surface area contributed by atoms with E-state index in [0.29, 0.717) is 17.1 Å². The maximum absolute atomic E-state index is 12.4. The standard InChI is InChI=1S/C26H30N6O4S2/c1-15(2)23-30-25(36-31-23)32-12-10-17(11-13-32)16(3)35-26-29-21-8-7-20(28-24(21)37-26)18-4-9-22(27-14-18)38(33,34)19-5-6-19/h4,7-9,14-17,19H,5-6,10-13H2,1-3H3/t16-/m0/s1. The van der Waals surface area contributed by atoms with E-state index in [1.165, 1.54) is 11.3 Å². The highest BCUT2D eigenvalue weighted by Crippen LogP contribution is 2.34. The Bertz CT molecular complexity index is 1540. The topological polar surface area (TPSA) is 124 Å². The molecule has 0 N–H and O–H groups in total. The lowest BCUT2D eigenvalue weighted by Crippen LogP contribution is -2.38. The molecule has 0 aromatic carbocycles. The van der Waals surface area contributed by atoms with Crippen LogP contribution in [0, 0.1) is 5.92 Å². The van der Waals surface area contributed by atoms with Crippen molar-refractivity contribution in [2.24, 2.45) is 5.92 Å². The molecule has 0 bridgehead atoms. The molecule has 4 aromatic rings. The number of thiazole rings is 1. The highest BCUT2D eigenvalue weighted by molar-refractivity contribution is 7.92. The van der Waals surface area contributed by atoms with Gasteiger partial charge in [0, 0.05) is 30.8 Å². The number of anilines is 1. The Hall–Kier alpha value is -3.12. The Morgan fingerprint density at radius 2 is 1.82 bits per heavy atom. The summed E-state index contributed by atoms with van der Waals surface area (Å²) < 4.78 is 36.5. The number of nitrogens with zero attached hydrogens (tertiary/aromatic N) is 6. The molecule has 200 valence electrons. The molecule has 6 rings (SSSR count). The largest absolute Gasteiger partial charge is 0.467 e. The molecular formula is C26H30N6O4S2. The third-order valence-corrected chi connectivity index (χ3v) is 10.3. The SMILES string of the molecule is CC(C)c1noc(N2CCC([C@H](C)Oc3nc4ccc(-c5ccc(S(=O)(=O)C6CC6)nc5)nc4s3)CC2)n1. The quantitative estimate of drug-likeness (QED) is 0.298. The van der Waals surface area contributed by atoms with Crippen LogP contribution >= 0.6 is 11.3 Å². The Balaban J connectivity index is 1.09. The van der Waals surface area contributed by atoms with E-state index in [9.17, 15) is 8.42 Å². The number of sulfone groups is 1. The first-order valence-electron chi connectivity index (χ1n) is 13.0. The van der Waals surface area contributed by atoms with Crippen LogP contribution in [-0.4, -0.2) is 58.0 Å². The summed E-state index contributed by atoms with van der Waals surface area (Å²) in [6, 6.07) is 7.73. The molecule has 1 aliphatic heterocycles. The molecule has 4 aromatic heterocycles. The second-order valence-corrected chi connectivity index (χ2v) is 13.5. The average Bonchev–Trinajstić information content (AvgIpc) is 3.53. The third kappa shape index (κ3) is 4.98. The number of piperidine rings is 1. The molecule has 2 fully saturated rings. The van der Waals surface area contributed by atoms with Gasteiger partial charge in [-0.05, 0) is 62.8 Å². The van der Waals surface area contributed by atoms with Crippen LogP contribution in [-0.2, 0) is 9.84 Å². The average molecular weight is 555 g/mol. The molecular weight excluding hydrogens is 524 g/mol. The van der Waals surface area contributed by atoms with E-state index in [1.807, 2.05) is 12.1 Å². The van der Waals surface area contributed by atoms with Gasteiger partial charge in [-0.2, -0.15) is 4.98 Å². The smallest absolute Gasteiger partial charge is 0.324 e. The van der Waals surface area contributed by atoms with Crippen LogP contribution in [0.2, 0.25) is 0 Å². The first-order valence-corrected chi connectivity index (χ1v) is 15.4. The van der Waals surface area contributed by atoms with Crippen LogP contribution in [0.5, 0.6) is 5.19 Å². The van der Waals surface area contributed by atoms with Crippen LogP contribution in [0.4, 0.5) is 6.01 Å². The van der Waals surface area contributed by atoms with Gasteiger partial charge in [-0.15, -0.1) is 0 Å². The monoisotopic (exact) mass is 554 g/mol. The summed E-state index contributed by atoms with van der Waals surface area (Å²) in [6.45, 7) is 7.89. The highest BCUT2D eigenvalue weighted by Gasteiger charge is 2.37. The van der Waals surface area contributed by atoms with Crippen molar-refractivity contribution in [2.45, 2.75) is 68.8 Å². The first-order chi connectivity index (χ1) is 18.3. The molecule has 5 heterocycles. The van der Waals surface area contributed by atoms with E-state index in [2.05, 4.69) is 45.8 Å². The van der Waals surface area contributed by atoms with E-state index in [1.54, 1.807) is 18.3 Å². The molecule has 2 aliphatic rings. The lowest BCUT2D eigenvalue weighted by Gasteiger charge is -2.33. The van der Waals surface area contributed by atoms with Gasteiger partial charge in [0.15, 0.2) is 20.7 Å². The van der Waals surface area contributed by atoms with E-state index < -0.39 is 9.84 Å². The maximum Gasteiger partial charge on any atom is 0.324 e. The summed E-state index contributed by atoms with van der Waals surface area (Å²) in [7, 11) is -3.31. The van der Waals surface area contributed by atoms with Gasteiger partial charge >= 0.3 is 6.01 Å². The third-order valence-electron chi connectivity index (χ3n) is 7.23. The lowest BCUT2D eigenvalue weighted by atomic mass is 9.92. The van der Waals surface area contributed by atoms with Crippen LogP contribution in [0.1, 0.15) is 58.2 Å². The minimum absolute atomic E-state index is 0.0104. The van der Waals surface area contributed by atoms with Crippen molar-refractivity contribution < 1.29 is 17.7 Å². The van der Waals surface area contributed by atoms with Gasteiger partial charge in [0.1, 0.15) is 16.5 Å². The number of fused-ring (bicyclic) bond motifs is 1. The first kappa shape index (κ1) is 25.2. The van der Waals surface area contributed by atoms with E-state index in [0.717, 1.165) is 66.2 Å². The minimum atomic E-state index is -3.31. The number of ether oxygens (including phenoxy) is 1. The van der Waals surface area contributed by atoms with E-state index >= 15 is 0 Å². The summed E-state index contributed by atoms with van der Waals surface area (Å²) in [5.74, 6) is 1.37. The molecule has 12 heteroatoms. The summed E-state index contributed by atoms with van der Waals surface area (Å²) >= 11 is 1.42. The van der Waals surface area contributed by atoms with Crippen molar-refractivity contribution in [3.8, 4) is 16.5 Å². The van der Waals surface area contributed by atoms with Gasteiger partial charge in [0.05, 0.1) is 10.9 Å². The number of hydrogen-bond donors (Lipinski definition) is 0. The zero-order valence-electron chi connectivity index (χ0n) is 21.6. The van der Waals surface area contributed by atoms with Crippen molar-refractivity contribution in [3.63, 3.8) is 0 Å². The van der Waals surface area contributed by atoms with Crippen molar-refractivity contribution >= 4 is 37.5 Å². The normalized spacial score (nSPS) is 17.8. The second kappa shape index (κ2) is 9.88. The maximum atomic E-state index is 12.4. The predicted molar refractivity (Wildman–Crippen MR) is 144 cm³/mol. The Labute approximate surface area is 225 Å². The molecule has 0 spiro atoms. The summed E-state index contributed by atoms with van der Waals surface area (Å²) in [4.78, 5) is 21.0. The second-order valence-electron chi connectivity index (χ2n) is 10.4. The van der Waals surface area contributed by atoms with Crippen LogP contribution in [0.3, 0.4) is 0 Å². The molecule has 0 unspecified atom stereocenters. The number of aromatic nitrogens is 5. The molecule has 1 saturated carbocycles. The summed E-state index contributed by atoms with van der Waals surface area (Å²) in [6.07, 6.45) is 4.96. The van der Waals surface area contributed by atoms with Crippen LogP contribution in [0.15, 0.2) is 40.0 Å². The summed E-state index contributed by atoms with van der Waals surface area (Å²) in [5, 5.41) is 4.54. The van der Waals surface area contributed by atoms with Gasteiger partial charge in [-0.25, -0.2) is 23.4 Å². The van der Waals surface area contributed by atoms with Gasteiger partial charge < -0.3 is 14.2 Å². The number of hydrogen-bond acceptors (Lipinski definition) is 11. The van der Waals surface area contributed by atoms with Gasteiger partial charge in [-0.3, -0.25) is 0 Å². The Morgan fingerprint density at radius 3 is 2.47 bits per heavy atom. The molecule has 1 aliphatic carbocycles. The molecule has 38 heavy (non-hydrogen) atoms. The van der Waals surface area contributed by atoms with Crippen LogP contribution in [0.25, 0.3) is 21.6 Å². The highest BCUT2D eigenvalue weighted by atomic mass is 32.2. The summed E-state index contributed by atoms with van der Waals surface area (Å²) in [5.41, 5.74) is 2.26. The molecule has 10 nitrogen and oxygen atoms in total. The molecule has 0 radical (unpaired) electrons. The zero-order valence-corrected chi connectivity index (χ0v) is 23.2. The van der Waals surface area contributed by atoms with E-state index in [4.69, 9.17) is 14.2 Å². The van der Waals surface area contributed by atoms with Crippen LogP contribution < -0.4 is 9.64 Å². The van der Waals surface area contributed by atoms with Gasteiger partial charge in [0.2, 0.25) is 0 Å². The van der Waals surface area contributed by atoms with Crippen molar-refractivity contribution in [1.82, 2.24) is 25.1 Å². The number of pyridine rings is 2. The number of rotatable bonds is 8. The van der Waals surface area contributed by atoms with Gasteiger partial charge in [-0.1, -0.05) is 30.3 Å².